The Morgan fingerprint density at radius 2 is 1.56 bits per heavy atom. The van der Waals surface area contributed by atoms with E-state index >= 15 is 0 Å². The first-order chi connectivity index (χ1) is 15.5. The van der Waals surface area contributed by atoms with E-state index in [9.17, 15) is 14.4 Å². The van der Waals surface area contributed by atoms with E-state index in [0.717, 1.165) is 23.2 Å². The molecule has 6 atom stereocenters. The first-order valence-corrected chi connectivity index (χ1v) is 11.4. The third kappa shape index (κ3) is 2.73. The molecule has 0 radical (unpaired) electrons. The van der Waals surface area contributed by atoms with Gasteiger partial charge in [-0.2, -0.15) is 0 Å². The minimum atomic E-state index is -0.256. The number of imide groups is 1. The SMILES string of the molecule is Cc1ccc(C)c(N(CN2C(=O)[C@@H]3[C@H]4C=C[C@@H]([C@@H]5C[C@@H]45)[C@@H]3C2=O)C(=O)c2ccccc2)c1. The Morgan fingerprint density at radius 1 is 0.938 bits per heavy atom. The fraction of sp³-hybridized carbons (Fsp3) is 0.370. The molecular weight excluding hydrogens is 400 g/mol. The number of aryl methyl sites for hydroxylation is 2. The van der Waals surface area contributed by atoms with Crippen molar-refractivity contribution in [3.05, 3.63) is 77.4 Å². The second-order valence-electron chi connectivity index (χ2n) is 9.79. The van der Waals surface area contributed by atoms with Gasteiger partial charge in [0.05, 0.1) is 11.8 Å². The van der Waals surface area contributed by atoms with Crippen molar-refractivity contribution in [2.45, 2.75) is 20.3 Å². The maximum absolute atomic E-state index is 13.6. The van der Waals surface area contributed by atoms with E-state index in [1.165, 1.54) is 4.90 Å². The van der Waals surface area contributed by atoms with Gasteiger partial charge in [0, 0.05) is 11.3 Å². The molecule has 0 aromatic heterocycles. The van der Waals surface area contributed by atoms with E-state index in [4.69, 9.17) is 0 Å². The quantitative estimate of drug-likeness (QED) is 0.549. The molecule has 1 aliphatic heterocycles. The van der Waals surface area contributed by atoms with Gasteiger partial charge in [-0.1, -0.05) is 42.5 Å². The third-order valence-corrected chi connectivity index (χ3v) is 7.96. The minimum Gasteiger partial charge on any atom is -0.289 e. The van der Waals surface area contributed by atoms with Crippen LogP contribution in [0, 0.1) is 49.4 Å². The number of anilines is 1. The normalized spacial score (nSPS) is 31.5. The molecule has 3 amide bonds. The average molecular weight is 427 g/mol. The molecule has 7 rings (SSSR count). The first-order valence-electron chi connectivity index (χ1n) is 11.4. The molecule has 3 fully saturated rings. The summed E-state index contributed by atoms with van der Waals surface area (Å²) in [6, 6.07) is 15.0. The summed E-state index contributed by atoms with van der Waals surface area (Å²) in [4.78, 5) is 43.6. The lowest BCUT2D eigenvalue weighted by molar-refractivity contribution is -0.140. The van der Waals surface area contributed by atoms with Crippen LogP contribution in [-0.4, -0.2) is 29.3 Å². The lowest BCUT2D eigenvalue weighted by atomic mass is 9.63. The van der Waals surface area contributed by atoms with Crippen molar-refractivity contribution in [2.75, 3.05) is 11.6 Å². The molecule has 2 aromatic carbocycles. The molecule has 2 saturated carbocycles. The number of hydrogen-bond donors (Lipinski definition) is 0. The first kappa shape index (κ1) is 19.5. The van der Waals surface area contributed by atoms with Crippen molar-refractivity contribution < 1.29 is 14.4 Å². The van der Waals surface area contributed by atoms with Crippen molar-refractivity contribution in [1.29, 1.82) is 0 Å². The van der Waals surface area contributed by atoms with E-state index in [1.54, 1.807) is 17.0 Å². The van der Waals surface area contributed by atoms with Crippen LogP contribution < -0.4 is 4.90 Å². The van der Waals surface area contributed by atoms with Crippen molar-refractivity contribution in [1.82, 2.24) is 4.90 Å². The average Bonchev–Trinajstić information content (AvgIpc) is 3.59. The molecule has 1 saturated heterocycles. The Labute approximate surface area is 187 Å². The monoisotopic (exact) mass is 426 g/mol. The second-order valence-corrected chi connectivity index (χ2v) is 9.79. The summed E-state index contributed by atoms with van der Waals surface area (Å²) >= 11 is 0. The number of rotatable bonds is 4. The fourth-order valence-corrected chi connectivity index (χ4v) is 6.30. The molecule has 1 heterocycles. The highest BCUT2D eigenvalue weighted by molar-refractivity contribution is 6.10. The number of allylic oxidation sites excluding steroid dienone is 2. The van der Waals surface area contributed by atoms with Crippen LogP contribution in [0.5, 0.6) is 0 Å². The minimum absolute atomic E-state index is 0.0442. The molecule has 5 aliphatic rings. The van der Waals surface area contributed by atoms with Gasteiger partial charge in [0.2, 0.25) is 11.8 Å². The number of nitrogens with zero attached hydrogens (tertiary/aromatic N) is 2. The van der Waals surface area contributed by atoms with Gasteiger partial charge in [0.15, 0.2) is 0 Å². The van der Waals surface area contributed by atoms with Crippen LogP contribution in [0.3, 0.4) is 0 Å². The highest BCUT2D eigenvalue weighted by Crippen LogP contribution is 2.65. The van der Waals surface area contributed by atoms with Crippen molar-refractivity contribution in [3.8, 4) is 0 Å². The van der Waals surface area contributed by atoms with Crippen molar-refractivity contribution >= 4 is 23.4 Å². The molecule has 0 unspecified atom stereocenters. The molecule has 4 aliphatic carbocycles. The van der Waals surface area contributed by atoms with Gasteiger partial charge in [-0.3, -0.25) is 24.2 Å². The third-order valence-electron chi connectivity index (χ3n) is 7.96. The zero-order valence-corrected chi connectivity index (χ0v) is 18.3. The Morgan fingerprint density at radius 3 is 2.19 bits per heavy atom. The van der Waals surface area contributed by atoms with Crippen molar-refractivity contribution in [3.63, 3.8) is 0 Å². The highest BCUT2D eigenvalue weighted by Gasteiger charge is 2.67. The number of hydrogen-bond acceptors (Lipinski definition) is 3. The smallest absolute Gasteiger partial charge is 0.259 e. The lowest BCUT2D eigenvalue weighted by Crippen LogP contribution is -2.45. The van der Waals surface area contributed by atoms with E-state index in [0.29, 0.717) is 17.4 Å². The standard InChI is InChI=1S/C27H26N2O3/c1-15-8-9-16(2)22(12-15)28(25(30)17-6-4-3-5-7-17)14-29-26(31)23-18-10-11-19(21-13-20(18)21)24(23)27(29)32/h3-12,18-21,23-24H,13-14H2,1-2H3/t18-,19-,20-,21-,23-,24+/m0/s1. The summed E-state index contributed by atoms with van der Waals surface area (Å²) < 4.78 is 0. The number of carbonyl (C=O) groups is 3. The van der Waals surface area contributed by atoms with Crippen molar-refractivity contribution in [2.24, 2.45) is 35.5 Å². The van der Waals surface area contributed by atoms with Crippen LogP contribution in [0.15, 0.2) is 60.7 Å². The molecule has 5 heteroatoms. The van der Waals surface area contributed by atoms with Crippen LogP contribution in [-0.2, 0) is 9.59 Å². The molecule has 162 valence electrons. The molecule has 5 nitrogen and oxygen atoms in total. The predicted molar refractivity (Wildman–Crippen MR) is 121 cm³/mol. The molecule has 0 spiro atoms. The Kier molecular flexibility index (Phi) is 4.19. The molecular formula is C27H26N2O3. The van der Waals surface area contributed by atoms with E-state index in [-0.39, 0.29) is 48.1 Å². The molecule has 2 aromatic rings. The van der Waals surface area contributed by atoms with E-state index in [1.807, 2.05) is 50.2 Å². The van der Waals surface area contributed by atoms with E-state index in [2.05, 4.69) is 12.2 Å². The van der Waals surface area contributed by atoms with Crippen LogP contribution in [0.1, 0.15) is 27.9 Å². The van der Waals surface area contributed by atoms with Gasteiger partial charge in [-0.15, -0.1) is 0 Å². The molecule has 2 bridgehead atoms. The number of carbonyl (C=O) groups excluding carboxylic acids is 3. The lowest BCUT2D eigenvalue weighted by Gasteiger charge is -2.37. The highest BCUT2D eigenvalue weighted by atomic mass is 16.2. The largest absolute Gasteiger partial charge is 0.289 e. The van der Waals surface area contributed by atoms with Crippen LogP contribution >= 0.6 is 0 Å². The van der Waals surface area contributed by atoms with Crippen LogP contribution in [0.2, 0.25) is 0 Å². The van der Waals surface area contributed by atoms with Crippen LogP contribution in [0.25, 0.3) is 0 Å². The Balaban J connectivity index is 1.37. The topological polar surface area (TPSA) is 57.7 Å². The van der Waals surface area contributed by atoms with Gasteiger partial charge in [0.25, 0.3) is 5.91 Å². The van der Waals surface area contributed by atoms with Gasteiger partial charge >= 0.3 is 0 Å². The second kappa shape index (κ2) is 6.89. The summed E-state index contributed by atoms with van der Waals surface area (Å²) in [5, 5.41) is 0. The number of amides is 3. The number of likely N-dealkylation sites (tertiary alicyclic amines) is 1. The summed E-state index contributed by atoms with van der Waals surface area (Å²) in [6.07, 6.45) is 5.48. The van der Waals surface area contributed by atoms with Crippen LogP contribution in [0.4, 0.5) is 5.69 Å². The Bertz CT molecular complexity index is 1130. The maximum atomic E-state index is 13.6. The maximum Gasteiger partial charge on any atom is 0.259 e. The fourth-order valence-electron chi connectivity index (χ4n) is 6.30. The predicted octanol–water partition coefficient (Wildman–Crippen LogP) is 3.96. The zero-order chi connectivity index (χ0) is 22.1. The molecule has 32 heavy (non-hydrogen) atoms. The summed E-state index contributed by atoms with van der Waals surface area (Å²) in [5.74, 6) is 0.529. The van der Waals surface area contributed by atoms with E-state index < -0.39 is 0 Å². The van der Waals surface area contributed by atoms with Gasteiger partial charge < -0.3 is 0 Å². The zero-order valence-electron chi connectivity index (χ0n) is 18.3. The van der Waals surface area contributed by atoms with Gasteiger partial charge in [-0.05, 0) is 73.3 Å². The van der Waals surface area contributed by atoms with Gasteiger partial charge in [-0.25, -0.2) is 0 Å². The Hall–Kier alpha value is -3.21. The summed E-state index contributed by atoms with van der Waals surface area (Å²) in [5.41, 5.74) is 3.22. The van der Waals surface area contributed by atoms with Gasteiger partial charge in [0.1, 0.15) is 6.67 Å². The summed E-state index contributed by atoms with van der Waals surface area (Å²) in [6.45, 7) is 3.88. The summed E-state index contributed by atoms with van der Waals surface area (Å²) in [7, 11) is 0. The number of benzene rings is 2. The molecule has 0 N–H and O–H groups in total.